The number of rotatable bonds is 8. The van der Waals surface area contributed by atoms with Crippen LogP contribution in [0.4, 0.5) is 10.9 Å². The highest BCUT2D eigenvalue weighted by atomic mass is 32.1. The van der Waals surface area contributed by atoms with E-state index in [1.54, 1.807) is 0 Å². The molecule has 1 aromatic heterocycles. The number of nitrogens with two attached hydrogens (primary N) is 1. The van der Waals surface area contributed by atoms with Crippen LogP contribution < -0.4 is 16.4 Å². The van der Waals surface area contributed by atoms with E-state index in [1.807, 2.05) is 6.92 Å². The Morgan fingerprint density at radius 2 is 2.10 bits per heavy atom. The smallest absolute Gasteiger partial charge is 0.265 e. The molecule has 4 N–H and O–H groups in total. The van der Waals surface area contributed by atoms with Gasteiger partial charge in [0.2, 0.25) is 0 Å². The monoisotopic (exact) mass is 298 g/mol. The van der Waals surface area contributed by atoms with Crippen LogP contribution in [0.3, 0.4) is 0 Å². The second-order valence-electron chi connectivity index (χ2n) is 5.28. The van der Waals surface area contributed by atoms with E-state index in [1.165, 1.54) is 11.3 Å². The molecule has 0 saturated carbocycles. The maximum absolute atomic E-state index is 12.2. The molecule has 114 valence electrons. The van der Waals surface area contributed by atoms with Gasteiger partial charge in [-0.2, -0.15) is 0 Å². The summed E-state index contributed by atoms with van der Waals surface area (Å²) in [5, 5.41) is 6.86. The van der Waals surface area contributed by atoms with Crippen LogP contribution in [-0.2, 0) is 0 Å². The number of carbonyl (C=O) groups excluding carboxylic acids is 1. The van der Waals surface area contributed by atoms with Crippen LogP contribution in [0.5, 0.6) is 0 Å². The van der Waals surface area contributed by atoms with Crippen molar-refractivity contribution in [1.82, 2.24) is 10.3 Å². The Morgan fingerprint density at radius 3 is 2.70 bits per heavy atom. The Bertz CT molecular complexity index is 433. The molecule has 1 rings (SSSR count). The first-order valence-corrected chi connectivity index (χ1v) is 8.10. The molecule has 20 heavy (non-hydrogen) atoms. The molecule has 1 aromatic rings. The van der Waals surface area contributed by atoms with Crippen LogP contribution in [0, 0.1) is 5.92 Å². The minimum Gasteiger partial charge on any atom is -0.382 e. The average molecular weight is 298 g/mol. The molecule has 0 aliphatic rings. The van der Waals surface area contributed by atoms with Crippen molar-refractivity contribution >= 4 is 28.2 Å². The number of hydrogen-bond donors (Lipinski definition) is 3. The molecule has 0 bridgehead atoms. The van der Waals surface area contributed by atoms with E-state index in [0.717, 1.165) is 25.8 Å². The third-order valence-electron chi connectivity index (χ3n) is 3.22. The Balaban J connectivity index is 2.60. The number of nitrogens with zero attached hydrogens (tertiary/aromatic N) is 1. The van der Waals surface area contributed by atoms with Crippen LogP contribution in [0.2, 0.25) is 0 Å². The fraction of sp³-hybridized carbons (Fsp3) is 0.714. The van der Waals surface area contributed by atoms with Gasteiger partial charge in [-0.05, 0) is 25.7 Å². The van der Waals surface area contributed by atoms with Gasteiger partial charge in [0.15, 0.2) is 5.13 Å². The molecule has 0 fully saturated rings. The molecule has 0 aromatic carbocycles. The highest BCUT2D eigenvalue weighted by molar-refractivity contribution is 7.18. The summed E-state index contributed by atoms with van der Waals surface area (Å²) in [5.41, 5.74) is 5.82. The molecule has 1 heterocycles. The number of anilines is 2. The van der Waals surface area contributed by atoms with Gasteiger partial charge >= 0.3 is 0 Å². The average Bonchev–Trinajstić information content (AvgIpc) is 2.77. The Hall–Kier alpha value is -1.30. The van der Waals surface area contributed by atoms with Crippen molar-refractivity contribution in [2.75, 3.05) is 17.6 Å². The van der Waals surface area contributed by atoms with Crippen molar-refractivity contribution in [2.24, 2.45) is 5.92 Å². The quantitative estimate of drug-likeness (QED) is 0.689. The molecule has 6 heteroatoms. The summed E-state index contributed by atoms with van der Waals surface area (Å²) in [6.45, 7) is 9.28. The normalized spacial score (nSPS) is 13.8. The molecular formula is C14H26N4OS. The summed E-state index contributed by atoms with van der Waals surface area (Å²) in [4.78, 5) is 16.9. The lowest BCUT2D eigenvalue weighted by atomic mass is 10.0. The fourth-order valence-electron chi connectivity index (χ4n) is 1.92. The summed E-state index contributed by atoms with van der Waals surface area (Å²) >= 11 is 1.31. The lowest BCUT2D eigenvalue weighted by Gasteiger charge is -2.17. The van der Waals surface area contributed by atoms with Gasteiger partial charge in [0.1, 0.15) is 10.7 Å². The molecule has 2 unspecified atom stereocenters. The van der Waals surface area contributed by atoms with Crippen molar-refractivity contribution in [3.8, 4) is 0 Å². The molecular weight excluding hydrogens is 272 g/mol. The first kappa shape index (κ1) is 16.8. The minimum atomic E-state index is -0.125. The summed E-state index contributed by atoms with van der Waals surface area (Å²) < 4.78 is 0. The minimum absolute atomic E-state index is 0.125. The van der Waals surface area contributed by atoms with Crippen LogP contribution >= 0.6 is 11.3 Å². The Kier molecular flexibility index (Phi) is 6.78. The van der Waals surface area contributed by atoms with Gasteiger partial charge in [-0.25, -0.2) is 4.98 Å². The molecule has 0 spiro atoms. The van der Waals surface area contributed by atoms with E-state index in [4.69, 9.17) is 5.73 Å². The van der Waals surface area contributed by atoms with E-state index in [-0.39, 0.29) is 11.9 Å². The summed E-state index contributed by atoms with van der Waals surface area (Å²) in [6.07, 6.45) is 3.10. The zero-order chi connectivity index (χ0) is 15.1. The van der Waals surface area contributed by atoms with Crippen molar-refractivity contribution in [2.45, 2.75) is 53.0 Å². The third-order valence-corrected chi connectivity index (χ3v) is 4.24. The van der Waals surface area contributed by atoms with Gasteiger partial charge in [0.25, 0.3) is 5.91 Å². The van der Waals surface area contributed by atoms with E-state index >= 15 is 0 Å². The maximum atomic E-state index is 12.2. The number of amides is 1. The number of hydrogen-bond acceptors (Lipinski definition) is 5. The number of nitrogen functional groups attached to an aromatic ring is 1. The van der Waals surface area contributed by atoms with Crippen molar-refractivity contribution in [3.63, 3.8) is 0 Å². The second-order valence-corrected chi connectivity index (χ2v) is 6.28. The van der Waals surface area contributed by atoms with Gasteiger partial charge in [-0.3, -0.25) is 4.79 Å². The second kappa shape index (κ2) is 8.09. The van der Waals surface area contributed by atoms with Gasteiger partial charge in [-0.15, -0.1) is 0 Å². The highest BCUT2D eigenvalue weighted by Gasteiger charge is 2.18. The molecule has 2 atom stereocenters. The van der Waals surface area contributed by atoms with E-state index in [0.29, 0.717) is 21.7 Å². The number of carbonyl (C=O) groups is 1. The molecule has 0 aliphatic heterocycles. The maximum Gasteiger partial charge on any atom is 0.265 e. The molecule has 1 amide bonds. The topological polar surface area (TPSA) is 80.0 Å². The first-order chi connectivity index (χ1) is 9.47. The lowest BCUT2D eigenvalue weighted by molar-refractivity contribution is 0.0940. The number of nitrogens with one attached hydrogen (secondary N) is 2. The largest absolute Gasteiger partial charge is 0.382 e. The van der Waals surface area contributed by atoms with Crippen LogP contribution in [0.15, 0.2) is 0 Å². The van der Waals surface area contributed by atoms with Gasteiger partial charge < -0.3 is 16.4 Å². The Morgan fingerprint density at radius 1 is 1.40 bits per heavy atom. The zero-order valence-electron chi connectivity index (χ0n) is 12.8. The van der Waals surface area contributed by atoms with Gasteiger partial charge in [0, 0.05) is 12.6 Å². The van der Waals surface area contributed by atoms with Gasteiger partial charge in [-0.1, -0.05) is 38.5 Å². The number of aromatic nitrogens is 1. The predicted molar refractivity (Wildman–Crippen MR) is 86.3 cm³/mol. The number of thiazole rings is 1. The van der Waals surface area contributed by atoms with Crippen molar-refractivity contribution in [1.29, 1.82) is 0 Å². The third kappa shape index (κ3) is 5.00. The van der Waals surface area contributed by atoms with E-state index in [2.05, 4.69) is 36.4 Å². The molecule has 0 radical (unpaired) electrons. The summed E-state index contributed by atoms with van der Waals surface area (Å²) in [6, 6.07) is 0.144. The lowest BCUT2D eigenvalue weighted by Crippen LogP contribution is -2.33. The van der Waals surface area contributed by atoms with Crippen LogP contribution in [-0.4, -0.2) is 23.5 Å². The molecule has 0 aliphatic carbocycles. The first-order valence-electron chi connectivity index (χ1n) is 7.28. The summed E-state index contributed by atoms with van der Waals surface area (Å²) in [7, 11) is 0. The fourth-order valence-corrected chi connectivity index (χ4v) is 2.73. The van der Waals surface area contributed by atoms with E-state index < -0.39 is 0 Å². The van der Waals surface area contributed by atoms with Crippen molar-refractivity contribution in [3.05, 3.63) is 4.88 Å². The van der Waals surface area contributed by atoms with Crippen molar-refractivity contribution < 1.29 is 4.79 Å². The molecule has 5 nitrogen and oxygen atoms in total. The zero-order valence-corrected chi connectivity index (χ0v) is 13.6. The van der Waals surface area contributed by atoms with Crippen LogP contribution in [0.1, 0.15) is 56.6 Å². The van der Waals surface area contributed by atoms with E-state index in [9.17, 15) is 4.79 Å². The summed E-state index contributed by atoms with van der Waals surface area (Å²) in [5.74, 6) is 0.785. The Labute approximate surface area is 125 Å². The highest BCUT2D eigenvalue weighted by Crippen LogP contribution is 2.25. The SMILES string of the molecule is CCCNc1nc(N)c(C(=O)NC(C)CC(C)CC)s1. The van der Waals surface area contributed by atoms with Crippen LogP contribution in [0.25, 0.3) is 0 Å². The predicted octanol–water partition coefficient (Wildman–Crippen LogP) is 3.10. The molecule has 0 saturated heterocycles. The standard InChI is InChI=1S/C14H26N4OS/c1-5-7-16-14-18-12(15)11(20-14)13(19)17-10(4)8-9(3)6-2/h9-10H,5-8,15H2,1-4H3,(H,16,18)(H,17,19). The van der Waals surface area contributed by atoms with Gasteiger partial charge in [0.05, 0.1) is 0 Å².